The molecule has 8 nitrogen and oxygen atoms in total. The first-order chi connectivity index (χ1) is 14.3. The van der Waals surface area contributed by atoms with E-state index < -0.39 is 0 Å². The number of thiophene rings is 1. The largest absolute Gasteiger partial charge is 0.356 e. The molecule has 1 saturated heterocycles. The van der Waals surface area contributed by atoms with Crippen molar-refractivity contribution in [3.8, 4) is 21.9 Å². The molecular formula is C20H19N7OS. The lowest BCUT2D eigenvalue weighted by Gasteiger charge is -2.34. The predicted octanol–water partition coefficient (Wildman–Crippen LogP) is 3.29. The van der Waals surface area contributed by atoms with Crippen LogP contribution in [0.3, 0.4) is 0 Å². The number of rotatable bonds is 4. The van der Waals surface area contributed by atoms with Gasteiger partial charge in [0.15, 0.2) is 5.76 Å². The number of hydrogen-bond donors (Lipinski definition) is 0. The maximum Gasteiger partial charge on any atom is 0.226 e. The number of anilines is 2. The Morgan fingerprint density at radius 2 is 1.72 bits per heavy atom. The fourth-order valence-electron chi connectivity index (χ4n) is 3.36. The van der Waals surface area contributed by atoms with E-state index in [0.717, 1.165) is 59.9 Å². The van der Waals surface area contributed by atoms with Gasteiger partial charge < -0.3 is 14.3 Å². The van der Waals surface area contributed by atoms with Crippen LogP contribution in [-0.2, 0) is 0 Å². The Balaban J connectivity index is 1.42. The van der Waals surface area contributed by atoms with Crippen LogP contribution in [0.25, 0.3) is 21.9 Å². The molecule has 4 aromatic heterocycles. The minimum atomic E-state index is 0.684. The van der Waals surface area contributed by atoms with Crippen molar-refractivity contribution in [2.24, 2.45) is 0 Å². The highest BCUT2D eigenvalue weighted by Crippen LogP contribution is 2.34. The van der Waals surface area contributed by atoms with Gasteiger partial charge in [-0.15, -0.1) is 11.3 Å². The fourth-order valence-corrected chi connectivity index (χ4v) is 4.09. The van der Waals surface area contributed by atoms with Crippen LogP contribution in [0, 0.1) is 6.92 Å². The first kappa shape index (κ1) is 17.7. The van der Waals surface area contributed by atoms with Crippen molar-refractivity contribution in [1.29, 1.82) is 0 Å². The van der Waals surface area contributed by atoms with E-state index in [1.54, 1.807) is 23.7 Å². The Kier molecular flexibility index (Phi) is 4.65. The van der Waals surface area contributed by atoms with E-state index in [4.69, 9.17) is 9.51 Å². The van der Waals surface area contributed by atoms with Gasteiger partial charge in [-0.3, -0.25) is 0 Å². The van der Waals surface area contributed by atoms with E-state index in [9.17, 15) is 0 Å². The van der Waals surface area contributed by atoms with E-state index in [2.05, 4.69) is 36.0 Å². The van der Waals surface area contributed by atoms with Gasteiger partial charge >= 0.3 is 0 Å². The summed E-state index contributed by atoms with van der Waals surface area (Å²) in [7, 11) is 0. The lowest BCUT2D eigenvalue weighted by molar-refractivity contribution is 0.427. The molecule has 0 aromatic carbocycles. The standard InChI is InChI=1S/C20H19N7OS/c1-14-12-16(28-25-14)15-13-23-20(24-18(15)17-4-2-11-29-17)27-9-7-26(8-10-27)19-21-5-3-6-22-19/h2-6,11-13H,7-10H2,1H3. The normalized spacial score (nSPS) is 14.4. The number of hydrogen-bond acceptors (Lipinski definition) is 9. The lowest BCUT2D eigenvalue weighted by atomic mass is 10.1. The first-order valence-corrected chi connectivity index (χ1v) is 10.3. The monoisotopic (exact) mass is 405 g/mol. The molecule has 1 aliphatic heterocycles. The van der Waals surface area contributed by atoms with E-state index in [0.29, 0.717) is 5.76 Å². The van der Waals surface area contributed by atoms with E-state index in [1.165, 1.54) is 0 Å². The van der Waals surface area contributed by atoms with Crippen LogP contribution in [0.1, 0.15) is 5.69 Å². The van der Waals surface area contributed by atoms with Crippen LogP contribution < -0.4 is 9.80 Å². The van der Waals surface area contributed by atoms with Crippen LogP contribution >= 0.6 is 11.3 Å². The molecule has 0 N–H and O–H groups in total. The van der Waals surface area contributed by atoms with Crippen molar-refractivity contribution in [3.05, 3.63) is 53.9 Å². The lowest BCUT2D eigenvalue weighted by Crippen LogP contribution is -2.47. The van der Waals surface area contributed by atoms with Crippen molar-refractivity contribution in [3.63, 3.8) is 0 Å². The summed E-state index contributed by atoms with van der Waals surface area (Å²) in [6.45, 7) is 5.17. The molecule has 0 saturated carbocycles. The Hall–Kier alpha value is -3.33. The third-order valence-electron chi connectivity index (χ3n) is 4.82. The second kappa shape index (κ2) is 7.59. The van der Waals surface area contributed by atoms with Crippen LogP contribution in [-0.4, -0.2) is 51.3 Å². The number of aryl methyl sites for hydroxylation is 1. The zero-order chi connectivity index (χ0) is 19.6. The molecular weight excluding hydrogens is 386 g/mol. The summed E-state index contributed by atoms with van der Waals surface area (Å²) < 4.78 is 5.48. The fraction of sp³-hybridized carbons (Fsp3) is 0.250. The average Bonchev–Trinajstić information content (AvgIpc) is 3.46. The summed E-state index contributed by atoms with van der Waals surface area (Å²) in [4.78, 5) is 23.7. The van der Waals surface area contributed by atoms with Gasteiger partial charge in [0.25, 0.3) is 0 Å². The quantitative estimate of drug-likeness (QED) is 0.511. The molecule has 0 radical (unpaired) electrons. The number of aromatic nitrogens is 5. The summed E-state index contributed by atoms with van der Waals surface area (Å²) >= 11 is 1.65. The molecule has 1 fully saturated rings. The molecule has 146 valence electrons. The van der Waals surface area contributed by atoms with Gasteiger partial charge in [0.05, 0.1) is 21.8 Å². The molecule has 0 atom stereocenters. The smallest absolute Gasteiger partial charge is 0.226 e. The SMILES string of the molecule is Cc1cc(-c2cnc(N3CCN(c4ncccn4)CC3)nc2-c2cccs2)on1. The predicted molar refractivity (Wildman–Crippen MR) is 112 cm³/mol. The summed E-state index contributed by atoms with van der Waals surface area (Å²) in [5.74, 6) is 2.17. The van der Waals surface area contributed by atoms with Gasteiger partial charge in [0.2, 0.25) is 11.9 Å². The van der Waals surface area contributed by atoms with Crippen LogP contribution in [0.15, 0.2) is 52.8 Å². The van der Waals surface area contributed by atoms with Crippen LogP contribution in [0.4, 0.5) is 11.9 Å². The zero-order valence-electron chi connectivity index (χ0n) is 15.9. The Labute approximate surface area is 171 Å². The van der Waals surface area contributed by atoms with Crippen molar-refractivity contribution in [2.75, 3.05) is 36.0 Å². The van der Waals surface area contributed by atoms with E-state index >= 15 is 0 Å². The molecule has 0 amide bonds. The second-order valence-electron chi connectivity index (χ2n) is 6.77. The van der Waals surface area contributed by atoms with Gasteiger partial charge in [-0.25, -0.2) is 19.9 Å². The van der Waals surface area contributed by atoms with E-state index in [-0.39, 0.29) is 0 Å². The average molecular weight is 405 g/mol. The summed E-state index contributed by atoms with van der Waals surface area (Å²) in [6, 6.07) is 7.83. The highest BCUT2D eigenvalue weighted by atomic mass is 32.1. The van der Waals surface area contributed by atoms with Crippen molar-refractivity contribution in [2.45, 2.75) is 6.92 Å². The summed E-state index contributed by atoms with van der Waals surface area (Å²) in [5, 5.41) is 6.06. The van der Waals surface area contributed by atoms with Gasteiger partial charge in [0.1, 0.15) is 0 Å². The van der Waals surface area contributed by atoms with Gasteiger partial charge in [-0.05, 0) is 24.4 Å². The molecule has 0 aliphatic carbocycles. The summed E-state index contributed by atoms with van der Waals surface area (Å²) in [6.07, 6.45) is 5.38. The molecule has 1 aliphatic rings. The number of nitrogens with zero attached hydrogens (tertiary/aromatic N) is 7. The third-order valence-corrected chi connectivity index (χ3v) is 5.70. The molecule has 29 heavy (non-hydrogen) atoms. The Morgan fingerprint density at radius 1 is 0.966 bits per heavy atom. The van der Waals surface area contributed by atoms with Crippen molar-refractivity contribution >= 4 is 23.2 Å². The van der Waals surface area contributed by atoms with Gasteiger partial charge in [-0.2, -0.15) is 0 Å². The van der Waals surface area contributed by atoms with Crippen LogP contribution in [0.5, 0.6) is 0 Å². The number of piperazine rings is 1. The molecule has 0 spiro atoms. The summed E-state index contributed by atoms with van der Waals surface area (Å²) in [5.41, 5.74) is 2.56. The van der Waals surface area contributed by atoms with E-state index in [1.807, 2.05) is 36.7 Å². The Bertz CT molecular complexity index is 1090. The van der Waals surface area contributed by atoms with Gasteiger partial charge in [0, 0.05) is 50.8 Å². The maximum atomic E-state index is 5.48. The molecule has 4 aromatic rings. The highest BCUT2D eigenvalue weighted by molar-refractivity contribution is 7.13. The minimum absolute atomic E-state index is 0.684. The Morgan fingerprint density at radius 3 is 2.38 bits per heavy atom. The molecule has 0 bridgehead atoms. The minimum Gasteiger partial charge on any atom is -0.356 e. The topological polar surface area (TPSA) is 84.1 Å². The second-order valence-corrected chi connectivity index (χ2v) is 7.71. The molecule has 5 rings (SSSR count). The third kappa shape index (κ3) is 3.56. The van der Waals surface area contributed by atoms with Crippen molar-refractivity contribution < 1.29 is 4.52 Å². The molecule has 0 unspecified atom stereocenters. The molecule has 9 heteroatoms. The van der Waals surface area contributed by atoms with Gasteiger partial charge in [-0.1, -0.05) is 11.2 Å². The van der Waals surface area contributed by atoms with Crippen LogP contribution in [0.2, 0.25) is 0 Å². The zero-order valence-corrected chi connectivity index (χ0v) is 16.7. The first-order valence-electron chi connectivity index (χ1n) is 9.39. The maximum absolute atomic E-state index is 5.48. The van der Waals surface area contributed by atoms with Crippen molar-refractivity contribution in [1.82, 2.24) is 25.1 Å². The molecule has 5 heterocycles. The highest BCUT2D eigenvalue weighted by Gasteiger charge is 2.23.